The van der Waals surface area contributed by atoms with Crippen LogP contribution in [0, 0.1) is 0 Å². The van der Waals surface area contributed by atoms with Gasteiger partial charge < -0.3 is 15.3 Å². The van der Waals surface area contributed by atoms with E-state index >= 15 is 0 Å². The van der Waals surface area contributed by atoms with E-state index in [9.17, 15) is 18.3 Å². The van der Waals surface area contributed by atoms with Crippen LogP contribution < -0.4 is 10.2 Å². The summed E-state index contributed by atoms with van der Waals surface area (Å²) < 4.78 is 38.3. The molecule has 112 valence electrons. The van der Waals surface area contributed by atoms with E-state index in [4.69, 9.17) is 0 Å². The van der Waals surface area contributed by atoms with Crippen molar-refractivity contribution < 1.29 is 18.3 Å². The minimum absolute atomic E-state index is 0.142. The molecule has 20 heavy (non-hydrogen) atoms. The average molecular weight is 288 g/mol. The quantitative estimate of drug-likeness (QED) is 0.876. The van der Waals surface area contributed by atoms with E-state index in [0.717, 1.165) is 32.2 Å². The van der Waals surface area contributed by atoms with E-state index in [0.29, 0.717) is 0 Å². The summed E-state index contributed by atoms with van der Waals surface area (Å²) in [6, 6.07) is 6.25. The number of aliphatic hydroxyl groups is 1. The maximum absolute atomic E-state index is 12.8. The van der Waals surface area contributed by atoms with Gasteiger partial charge in [0.15, 0.2) is 5.60 Å². The molecular weight excluding hydrogens is 269 g/mol. The lowest BCUT2D eigenvalue weighted by molar-refractivity contribution is -0.258. The van der Waals surface area contributed by atoms with Gasteiger partial charge in [-0.25, -0.2) is 0 Å². The Balaban J connectivity index is 2.22. The van der Waals surface area contributed by atoms with Gasteiger partial charge >= 0.3 is 6.18 Å². The van der Waals surface area contributed by atoms with Gasteiger partial charge in [-0.05, 0) is 31.5 Å². The van der Waals surface area contributed by atoms with E-state index in [1.165, 1.54) is 12.1 Å². The van der Waals surface area contributed by atoms with E-state index < -0.39 is 11.8 Å². The third kappa shape index (κ3) is 2.76. The van der Waals surface area contributed by atoms with Crippen molar-refractivity contribution in [1.29, 1.82) is 0 Å². The van der Waals surface area contributed by atoms with Gasteiger partial charge in [0.25, 0.3) is 0 Å². The van der Waals surface area contributed by atoms with E-state index in [-0.39, 0.29) is 11.6 Å². The van der Waals surface area contributed by atoms with Crippen molar-refractivity contribution in [2.24, 2.45) is 0 Å². The third-order valence-electron chi connectivity index (χ3n) is 3.81. The van der Waals surface area contributed by atoms with Gasteiger partial charge in [0.2, 0.25) is 0 Å². The average Bonchev–Trinajstić information content (AvgIpc) is 2.38. The first-order valence-electron chi connectivity index (χ1n) is 6.60. The normalized spacial score (nSPS) is 23.5. The summed E-state index contributed by atoms with van der Waals surface area (Å²) in [5.41, 5.74) is -2.09. The molecule has 1 saturated heterocycles. The second kappa shape index (κ2) is 5.26. The van der Waals surface area contributed by atoms with Gasteiger partial charge in [0.05, 0.1) is 0 Å². The number of nitrogens with one attached hydrogen (secondary N) is 1. The summed E-state index contributed by atoms with van der Waals surface area (Å²) in [6.45, 7) is 5.35. The van der Waals surface area contributed by atoms with Crippen molar-refractivity contribution >= 4 is 5.69 Å². The molecule has 2 atom stereocenters. The first-order chi connectivity index (χ1) is 9.23. The zero-order valence-electron chi connectivity index (χ0n) is 11.5. The van der Waals surface area contributed by atoms with E-state index in [1.54, 1.807) is 12.1 Å². The fourth-order valence-corrected chi connectivity index (χ4v) is 2.37. The monoisotopic (exact) mass is 288 g/mol. The molecule has 0 aliphatic carbocycles. The zero-order chi connectivity index (χ0) is 15.0. The van der Waals surface area contributed by atoms with Crippen molar-refractivity contribution in [2.75, 3.05) is 24.5 Å². The summed E-state index contributed by atoms with van der Waals surface area (Å²) in [5.74, 6) is 0. The van der Waals surface area contributed by atoms with Gasteiger partial charge in [-0.15, -0.1) is 0 Å². The highest BCUT2D eigenvalue weighted by atomic mass is 19.4. The van der Waals surface area contributed by atoms with Crippen LogP contribution in [-0.4, -0.2) is 37.0 Å². The lowest BCUT2D eigenvalue weighted by Gasteiger charge is -2.36. The van der Waals surface area contributed by atoms with Gasteiger partial charge in [-0.2, -0.15) is 13.2 Å². The molecule has 2 rings (SSSR count). The number of halogens is 3. The van der Waals surface area contributed by atoms with Crippen molar-refractivity contribution in [3.63, 3.8) is 0 Å². The number of nitrogens with zero attached hydrogens (tertiary/aromatic N) is 1. The summed E-state index contributed by atoms with van der Waals surface area (Å²) >= 11 is 0. The highest BCUT2D eigenvalue weighted by Gasteiger charge is 2.51. The molecule has 2 unspecified atom stereocenters. The summed E-state index contributed by atoms with van der Waals surface area (Å²) in [5, 5.41) is 12.9. The maximum atomic E-state index is 12.8. The maximum Gasteiger partial charge on any atom is 0.421 e. The predicted octanol–water partition coefficient (Wildman–Crippen LogP) is 2.25. The minimum Gasteiger partial charge on any atom is -0.376 e. The molecule has 0 saturated carbocycles. The lowest BCUT2D eigenvalue weighted by atomic mass is 9.95. The molecule has 0 aromatic heterocycles. The molecule has 1 aromatic carbocycles. The Morgan fingerprint density at radius 3 is 2.35 bits per heavy atom. The Hall–Kier alpha value is -1.27. The number of hydrogen-bond donors (Lipinski definition) is 2. The van der Waals surface area contributed by atoms with Crippen LogP contribution in [0.2, 0.25) is 0 Å². The van der Waals surface area contributed by atoms with E-state index in [2.05, 4.69) is 17.1 Å². The Bertz CT molecular complexity index is 456. The topological polar surface area (TPSA) is 35.5 Å². The van der Waals surface area contributed by atoms with Gasteiger partial charge in [0.1, 0.15) is 0 Å². The number of alkyl halides is 3. The Kier molecular flexibility index (Phi) is 3.97. The van der Waals surface area contributed by atoms with Gasteiger partial charge in [-0.3, -0.25) is 0 Å². The molecule has 2 N–H and O–H groups in total. The summed E-state index contributed by atoms with van der Waals surface area (Å²) in [7, 11) is 0. The molecule has 3 nitrogen and oxygen atoms in total. The van der Waals surface area contributed by atoms with Gasteiger partial charge in [0, 0.05) is 31.4 Å². The number of benzene rings is 1. The fourth-order valence-electron chi connectivity index (χ4n) is 2.37. The second-order valence-electron chi connectivity index (χ2n) is 5.36. The van der Waals surface area contributed by atoms with Crippen LogP contribution >= 0.6 is 0 Å². The molecular formula is C14H19F3N2O. The Morgan fingerprint density at radius 1 is 1.25 bits per heavy atom. The van der Waals surface area contributed by atoms with Crippen LogP contribution in [0.5, 0.6) is 0 Å². The van der Waals surface area contributed by atoms with Gasteiger partial charge in [-0.1, -0.05) is 12.1 Å². The van der Waals surface area contributed by atoms with Crippen LogP contribution in [0.3, 0.4) is 0 Å². The molecule has 1 aliphatic rings. The smallest absolute Gasteiger partial charge is 0.376 e. The van der Waals surface area contributed by atoms with E-state index in [1.807, 2.05) is 0 Å². The van der Waals surface area contributed by atoms with Crippen LogP contribution in [0.15, 0.2) is 24.3 Å². The molecule has 1 fully saturated rings. The van der Waals surface area contributed by atoms with Crippen molar-refractivity contribution in [3.05, 3.63) is 29.8 Å². The summed E-state index contributed by atoms with van der Waals surface area (Å²) in [4.78, 5) is 2.14. The second-order valence-corrected chi connectivity index (χ2v) is 5.36. The minimum atomic E-state index is -4.68. The number of piperazine rings is 1. The Morgan fingerprint density at radius 2 is 1.85 bits per heavy atom. The molecule has 0 radical (unpaired) electrons. The van der Waals surface area contributed by atoms with Crippen LogP contribution in [0.1, 0.15) is 19.4 Å². The first kappa shape index (κ1) is 15.1. The highest BCUT2D eigenvalue weighted by Crippen LogP contribution is 2.38. The number of anilines is 1. The molecule has 1 aromatic rings. The number of rotatable bonds is 2. The van der Waals surface area contributed by atoms with Crippen molar-refractivity contribution in [2.45, 2.75) is 31.7 Å². The van der Waals surface area contributed by atoms with Crippen LogP contribution in [0.4, 0.5) is 18.9 Å². The molecule has 0 amide bonds. The van der Waals surface area contributed by atoms with Crippen LogP contribution in [0.25, 0.3) is 0 Å². The predicted molar refractivity (Wildman–Crippen MR) is 71.7 cm³/mol. The molecule has 0 bridgehead atoms. The number of hydrogen-bond acceptors (Lipinski definition) is 3. The SMILES string of the molecule is CC1CNCCN1c1ccc(C(C)(O)C(F)(F)F)cc1. The molecule has 1 aliphatic heterocycles. The first-order valence-corrected chi connectivity index (χ1v) is 6.60. The standard InChI is InChI=1S/C14H19F3N2O/c1-10-9-18-7-8-19(10)12-5-3-11(4-6-12)13(2,20)14(15,16)17/h3-6,10,18,20H,7-9H2,1-2H3. The van der Waals surface area contributed by atoms with Crippen LogP contribution in [-0.2, 0) is 5.60 Å². The Labute approximate surface area is 116 Å². The summed E-state index contributed by atoms with van der Waals surface area (Å²) in [6.07, 6.45) is -4.68. The fraction of sp³-hybridized carbons (Fsp3) is 0.571. The lowest BCUT2D eigenvalue weighted by Crippen LogP contribution is -2.50. The van der Waals surface area contributed by atoms with Crippen molar-refractivity contribution in [1.82, 2.24) is 5.32 Å². The van der Waals surface area contributed by atoms with Crippen molar-refractivity contribution in [3.8, 4) is 0 Å². The third-order valence-corrected chi connectivity index (χ3v) is 3.81. The molecule has 6 heteroatoms. The molecule has 0 spiro atoms. The molecule has 1 heterocycles. The largest absolute Gasteiger partial charge is 0.421 e. The highest BCUT2D eigenvalue weighted by molar-refractivity contribution is 5.50. The zero-order valence-corrected chi connectivity index (χ0v) is 11.5.